The van der Waals surface area contributed by atoms with Crippen LogP contribution in [0.2, 0.25) is 18.1 Å². The lowest BCUT2D eigenvalue weighted by Gasteiger charge is -2.40. The van der Waals surface area contributed by atoms with E-state index in [9.17, 15) is 5.11 Å². The first kappa shape index (κ1) is 18.5. The van der Waals surface area contributed by atoms with Crippen LogP contribution in [-0.2, 0) is 4.43 Å². The Balaban J connectivity index is 2.43. The fourth-order valence-electron chi connectivity index (χ4n) is 2.05. The first-order chi connectivity index (χ1) is 10.6. The average molecular weight is 401 g/mol. The highest BCUT2D eigenvalue weighted by Gasteiger charge is 2.40. The molecule has 2 rings (SSSR count). The minimum Gasteiger partial charge on any atom is -0.454 e. The van der Waals surface area contributed by atoms with E-state index in [0.29, 0.717) is 17.1 Å². The van der Waals surface area contributed by atoms with Crippen LogP contribution in [0.5, 0.6) is 11.5 Å². The third-order valence-electron chi connectivity index (χ3n) is 4.57. The van der Waals surface area contributed by atoms with Crippen molar-refractivity contribution in [3.8, 4) is 11.5 Å². The Morgan fingerprint density at radius 2 is 1.91 bits per heavy atom. The van der Waals surface area contributed by atoms with Crippen LogP contribution in [0.4, 0.5) is 0 Å². The lowest BCUT2D eigenvalue weighted by Crippen LogP contribution is -2.42. The van der Waals surface area contributed by atoms with Crippen molar-refractivity contribution < 1.29 is 19.0 Å². The van der Waals surface area contributed by atoms with Gasteiger partial charge in [-0.2, -0.15) is 0 Å². The van der Waals surface area contributed by atoms with E-state index in [2.05, 4.69) is 56.4 Å². The summed E-state index contributed by atoms with van der Waals surface area (Å²) in [5, 5.41) is 9.67. The van der Waals surface area contributed by atoms with Gasteiger partial charge in [0.05, 0.1) is 12.7 Å². The molecular weight excluding hydrogens is 376 g/mol. The molecule has 4 nitrogen and oxygen atoms in total. The van der Waals surface area contributed by atoms with Gasteiger partial charge in [0.25, 0.3) is 0 Å². The quantitative estimate of drug-likeness (QED) is 0.569. The smallest absolute Gasteiger partial charge is 0.231 e. The molecular formula is C17H25BrO4Si. The van der Waals surface area contributed by atoms with Gasteiger partial charge in [-0.1, -0.05) is 43.3 Å². The average Bonchev–Trinajstić information content (AvgIpc) is 2.89. The van der Waals surface area contributed by atoms with Crippen molar-refractivity contribution in [2.75, 3.05) is 13.4 Å². The van der Waals surface area contributed by atoms with Crippen molar-refractivity contribution in [3.05, 3.63) is 34.3 Å². The molecule has 0 aromatic heterocycles. The van der Waals surface area contributed by atoms with Gasteiger partial charge in [-0.15, -0.1) is 0 Å². The van der Waals surface area contributed by atoms with Gasteiger partial charge in [-0.3, -0.25) is 0 Å². The number of rotatable bonds is 5. The molecule has 0 bridgehead atoms. The summed E-state index contributed by atoms with van der Waals surface area (Å²) in [7, 11) is -2.04. The summed E-state index contributed by atoms with van der Waals surface area (Å²) < 4.78 is 18.3. The number of aliphatic hydroxyl groups is 1. The zero-order valence-corrected chi connectivity index (χ0v) is 17.0. The molecule has 1 heterocycles. The third kappa shape index (κ3) is 3.82. The van der Waals surface area contributed by atoms with E-state index in [0.717, 1.165) is 10.0 Å². The molecule has 1 aromatic carbocycles. The first-order valence-corrected chi connectivity index (χ1v) is 11.3. The van der Waals surface area contributed by atoms with Gasteiger partial charge >= 0.3 is 0 Å². The van der Waals surface area contributed by atoms with Crippen molar-refractivity contribution in [2.24, 2.45) is 0 Å². The Bertz CT molecular complexity index is 607. The van der Waals surface area contributed by atoms with E-state index in [4.69, 9.17) is 13.9 Å². The fraction of sp³-hybridized carbons (Fsp3) is 0.529. The minimum absolute atomic E-state index is 0.0593. The van der Waals surface area contributed by atoms with Crippen LogP contribution in [0.25, 0.3) is 0 Å². The summed E-state index contributed by atoms with van der Waals surface area (Å²) >= 11 is 3.58. The summed E-state index contributed by atoms with van der Waals surface area (Å²) in [6.45, 7) is 15.0. The molecule has 0 radical (unpaired) electrons. The van der Waals surface area contributed by atoms with Crippen LogP contribution in [0.1, 0.15) is 32.4 Å². The molecule has 0 fully saturated rings. The molecule has 1 aliphatic heterocycles. The van der Waals surface area contributed by atoms with Gasteiger partial charge in [0.15, 0.2) is 19.8 Å². The summed E-state index contributed by atoms with van der Waals surface area (Å²) in [4.78, 5) is 0. The Labute approximate surface area is 147 Å². The second-order valence-corrected chi connectivity index (χ2v) is 12.9. The van der Waals surface area contributed by atoms with Crippen LogP contribution in [0.15, 0.2) is 28.8 Å². The van der Waals surface area contributed by atoms with Crippen molar-refractivity contribution in [1.29, 1.82) is 0 Å². The van der Waals surface area contributed by atoms with Crippen molar-refractivity contribution in [3.63, 3.8) is 0 Å². The molecule has 0 saturated heterocycles. The van der Waals surface area contributed by atoms with Crippen LogP contribution in [0, 0.1) is 0 Å². The highest BCUT2D eigenvalue weighted by atomic mass is 79.9. The van der Waals surface area contributed by atoms with Crippen LogP contribution < -0.4 is 9.47 Å². The molecule has 1 N–H and O–H groups in total. The van der Waals surface area contributed by atoms with Crippen LogP contribution in [0.3, 0.4) is 0 Å². The Morgan fingerprint density at radius 3 is 2.43 bits per heavy atom. The zero-order chi connectivity index (χ0) is 17.4. The van der Waals surface area contributed by atoms with Crippen LogP contribution in [-0.4, -0.2) is 26.8 Å². The molecule has 0 unspecified atom stereocenters. The van der Waals surface area contributed by atoms with Gasteiger partial charge in [0, 0.05) is 10.0 Å². The van der Waals surface area contributed by atoms with Gasteiger partial charge in [-0.05, 0) is 35.8 Å². The summed E-state index contributed by atoms with van der Waals surface area (Å²) in [6, 6.07) is 3.79. The number of ether oxygens (including phenoxy) is 2. The topological polar surface area (TPSA) is 47.9 Å². The van der Waals surface area contributed by atoms with Crippen molar-refractivity contribution >= 4 is 24.2 Å². The maximum Gasteiger partial charge on any atom is 0.231 e. The number of hydrogen-bond acceptors (Lipinski definition) is 4. The summed E-state index contributed by atoms with van der Waals surface area (Å²) in [6.07, 6.45) is -0.384. The molecule has 0 saturated carbocycles. The molecule has 1 aromatic rings. The fourth-order valence-corrected chi connectivity index (χ4v) is 3.82. The third-order valence-corrected chi connectivity index (χ3v) is 9.69. The highest BCUT2D eigenvalue weighted by molar-refractivity contribution is 9.10. The maximum atomic E-state index is 9.62. The van der Waals surface area contributed by atoms with Crippen molar-refractivity contribution in [2.45, 2.75) is 45.0 Å². The predicted molar refractivity (Wildman–Crippen MR) is 97.5 cm³/mol. The van der Waals surface area contributed by atoms with E-state index in [-0.39, 0.29) is 24.5 Å². The lowest BCUT2D eigenvalue weighted by atomic mass is 10.0. The Morgan fingerprint density at radius 1 is 1.35 bits per heavy atom. The molecule has 0 aliphatic carbocycles. The second-order valence-electron chi connectivity index (χ2n) is 7.30. The number of fused-ring (bicyclic) bond motifs is 1. The first-order valence-electron chi connectivity index (χ1n) is 7.62. The van der Waals surface area contributed by atoms with Gasteiger partial charge in [0.2, 0.25) is 6.79 Å². The highest BCUT2D eigenvalue weighted by Crippen LogP contribution is 2.45. The van der Waals surface area contributed by atoms with Crippen LogP contribution >= 0.6 is 15.9 Å². The van der Waals surface area contributed by atoms with Crippen molar-refractivity contribution in [1.82, 2.24) is 0 Å². The monoisotopic (exact) mass is 400 g/mol. The number of hydrogen-bond donors (Lipinski definition) is 1. The standard InChI is InChI=1S/C17H25BrO4Si/c1-11(9-19)16(22-23(5,6)17(2,3)4)12-7-14-15(8-13(12)18)21-10-20-14/h7-8,16,19H,1,9-10H2,2-6H3/t16-/m0/s1. The molecule has 1 atom stereocenters. The Kier molecular flexibility index (Phi) is 5.30. The number of benzene rings is 1. The summed E-state index contributed by atoms with van der Waals surface area (Å²) in [5.74, 6) is 1.40. The minimum atomic E-state index is -2.04. The molecule has 6 heteroatoms. The van der Waals surface area contributed by atoms with Gasteiger partial charge in [-0.25, -0.2) is 0 Å². The van der Waals surface area contributed by atoms with E-state index < -0.39 is 8.32 Å². The SMILES string of the molecule is C=C(CO)[C@H](O[Si](C)(C)C(C)(C)C)c1cc2c(cc1Br)OCO2. The van der Waals surface area contributed by atoms with E-state index in [1.54, 1.807) is 0 Å². The largest absolute Gasteiger partial charge is 0.454 e. The molecule has 128 valence electrons. The molecule has 0 spiro atoms. The predicted octanol–water partition coefficient (Wildman–Crippen LogP) is 4.79. The van der Waals surface area contributed by atoms with E-state index >= 15 is 0 Å². The van der Waals surface area contributed by atoms with E-state index in [1.807, 2.05) is 12.1 Å². The lowest BCUT2D eigenvalue weighted by molar-refractivity contribution is 0.173. The van der Waals surface area contributed by atoms with E-state index in [1.165, 1.54) is 0 Å². The second kappa shape index (κ2) is 6.59. The summed E-state index contributed by atoms with van der Waals surface area (Å²) in [5.41, 5.74) is 1.53. The zero-order valence-electron chi connectivity index (χ0n) is 14.4. The van der Waals surface area contributed by atoms with Gasteiger partial charge in [0.1, 0.15) is 0 Å². The molecule has 0 amide bonds. The number of halogens is 1. The number of aliphatic hydroxyl groups excluding tert-OH is 1. The Hall–Kier alpha value is -0.823. The maximum absolute atomic E-state index is 9.62. The molecule has 1 aliphatic rings. The molecule has 23 heavy (non-hydrogen) atoms. The normalized spacial score (nSPS) is 15.6. The van der Waals surface area contributed by atoms with Gasteiger partial charge < -0.3 is 19.0 Å².